The summed E-state index contributed by atoms with van der Waals surface area (Å²) in [5.41, 5.74) is 12.3. The van der Waals surface area contributed by atoms with Gasteiger partial charge in [0, 0.05) is 22.2 Å². The minimum absolute atomic E-state index is 0.0181. The molecule has 5 N–H and O–H groups in total. The van der Waals surface area contributed by atoms with Crippen molar-refractivity contribution in [2.45, 2.75) is 4.90 Å². The fourth-order valence-electron chi connectivity index (χ4n) is 1.52. The average molecular weight is 259 g/mol. The maximum atomic E-state index is 7.37. The van der Waals surface area contributed by atoms with Crippen LogP contribution < -0.4 is 16.2 Å². The summed E-state index contributed by atoms with van der Waals surface area (Å²) in [4.78, 5) is 0.601. The quantitative estimate of drug-likeness (QED) is 0.296. The molecule has 18 heavy (non-hydrogen) atoms. The van der Waals surface area contributed by atoms with E-state index in [-0.39, 0.29) is 5.84 Å². The zero-order chi connectivity index (χ0) is 13.1. The van der Waals surface area contributed by atoms with Crippen molar-refractivity contribution in [2.24, 2.45) is 5.73 Å². The van der Waals surface area contributed by atoms with Crippen LogP contribution in [0.5, 0.6) is 11.5 Å². The maximum absolute atomic E-state index is 7.37. The Morgan fingerprint density at radius 3 is 2.44 bits per heavy atom. The Morgan fingerprint density at radius 2 is 1.83 bits per heavy atom. The first-order valence-corrected chi connectivity index (χ1v) is 5.72. The number of benzene rings is 2. The highest BCUT2D eigenvalue weighted by Crippen LogP contribution is 2.26. The SMILES string of the molecule is N=C(N)c1ccc(Oc2cccc(N)c2)cc1S. The third-order valence-corrected chi connectivity index (χ3v) is 2.72. The highest BCUT2D eigenvalue weighted by molar-refractivity contribution is 7.80. The van der Waals surface area contributed by atoms with E-state index in [1.165, 1.54) is 0 Å². The second-order valence-electron chi connectivity index (χ2n) is 3.77. The molecule has 4 nitrogen and oxygen atoms in total. The van der Waals surface area contributed by atoms with Gasteiger partial charge in [0.25, 0.3) is 0 Å². The molecular formula is C13H13N3OS. The molecule has 2 aromatic carbocycles. The van der Waals surface area contributed by atoms with Gasteiger partial charge in [-0.05, 0) is 30.3 Å². The Labute approximate surface area is 110 Å². The predicted molar refractivity (Wildman–Crippen MR) is 75.6 cm³/mol. The van der Waals surface area contributed by atoms with Crippen LogP contribution in [-0.2, 0) is 0 Å². The van der Waals surface area contributed by atoms with E-state index in [0.717, 1.165) is 0 Å². The molecule has 0 aliphatic heterocycles. The van der Waals surface area contributed by atoms with Gasteiger partial charge in [-0.1, -0.05) is 6.07 Å². The summed E-state index contributed by atoms with van der Waals surface area (Å²) in [5.74, 6) is 1.25. The van der Waals surface area contributed by atoms with Crippen molar-refractivity contribution in [1.82, 2.24) is 0 Å². The Balaban J connectivity index is 2.25. The first kappa shape index (κ1) is 12.3. The standard InChI is InChI=1S/C13H13N3OS/c14-8-2-1-3-9(6-8)17-10-4-5-11(13(15)16)12(18)7-10/h1-7,18H,14H2,(H3,15,16). The summed E-state index contributed by atoms with van der Waals surface area (Å²) in [6.45, 7) is 0. The molecular weight excluding hydrogens is 246 g/mol. The van der Waals surface area contributed by atoms with Crippen molar-refractivity contribution >= 4 is 24.2 Å². The van der Waals surface area contributed by atoms with Crippen LogP contribution in [0.2, 0.25) is 0 Å². The molecule has 0 aromatic heterocycles. The molecule has 0 heterocycles. The van der Waals surface area contributed by atoms with Crippen LogP contribution in [0, 0.1) is 5.41 Å². The molecule has 0 atom stereocenters. The summed E-state index contributed by atoms with van der Waals surface area (Å²) < 4.78 is 5.63. The number of nitrogen functional groups attached to an aromatic ring is 2. The van der Waals surface area contributed by atoms with E-state index in [9.17, 15) is 0 Å². The lowest BCUT2D eigenvalue weighted by molar-refractivity contribution is 0.481. The molecule has 0 radical (unpaired) electrons. The second-order valence-corrected chi connectivity index (χ2v) is 4.25. The molecule has 0 spiro atoms. The van der Waals surface area contributed by atoms with Gasteiger partial charge in [0.2, 0.25) is 0 Å². The zero-order valence-electron chi connectivity index (χ0n) is 9.55. The van der Waals surface area contributed by atoms with E-state index < -0.39 is 0 Å². The van der Waals surface area contributed by atoms with Gasteiger partial charge in [0.05, 0.1) is 0 Å². The summed E-state index contributed by atoms with van der Waals surface area (Å²) in [6.07, 6.45) is 0. The molecule has 92 valence electrons. The van der Waals surface area contributed by atoms with Crippen molar-refractivity contribution in [3.8, 4) is 11.5 Å². The van der Waals surface area contributed by atoms with Crippen LogP contribution in [0.4, 0.5) is 5.69 Å². The van der Waals surface area contributed by atoms with Gasteiger partial charge in [0.1, 0.15) is 17.3 Å². The minimum atomic E-state index is -0.0181. The van der Waals surface area contributed by atoms with Crippen molar-refractivity contribution in [2.75, 3.05) is 5.73 Å². The number of anilines is 1. The number of rotatable bonds is 3. The number of thiol groups is 1. The smallest absolute Gasteiger partial charge is 0.129 e. The first-order chi connectivity index (χ1) is 8.56. The summed E-state index contributed by atoms with van der Waals surface area (Å²) in [7, 11) is 0. The van der Waals surface area contributed by atoms with Crippen molar-refractivity contribution in [3.05, 3.63) is 48.0 Å². The predicted octanol–water partition coefficient (Wildman–Crippen LogP) is 2.63. The summed E-state index contributed by atoms with van der Waals surface area (Å²) in [6, 6.07) is 12.3. The molecule has 0 aliphatic carbocycles. The molecule has 2 rings (SSSR count). The Bertz CT molecular complexity index is 599. The fourth-order valence-corrected chi connectivity index (χ4v) is 1.84. The average Bonchev–Trinajstić information content (AvgIpc) is 2.28. The number of amidine groups is 1. The number of hydrogen-bond donors (Lipinski definition) is 4. The van der Waals surface area contributed by atoms with Crippen LogP contribution in [0.3, 0.4) is 0 Å². The Hall–Kier alpha value is -2.14. The van der Waals surface area contributed by atoms with Crippen molar-refractivity contribution in [3.63, 3.8) is 0 Å². The number of nitrogens with two attached hydrogens (primary N) is 2. The van der Waals surface area contributed by atoms with E-state index >= 15 is 0 Å². The van der Waals surface area contributed by atoms with Crippen LogP contribution in [0.15, 0.2) is 47.4 Å². The lowest BCUT2D eigenvalue weighted by Crippen LogP contribution is -2.11. The highest BCUT2D eigenvalue weighted by Gasteiger charge is 2.05. The van der Waals surface area contributed by atoms with Gasteiger partial charge in [-0.3, -0.25) is 5.41 Å². The molecule has 0 fully saturated rings. The maximum Gasteiger partial charge on any atom is 0.129 e. The third-order valence-electron chi connectivity index (χ3n) is 2.35. The van der Waals surface area contributed by atoms with Gasteiger partial charge >= 0.3 is 0 Å². The van der Waals surface area contributed by atoms with E-state index in [0.29, 0.717) is 27.6 Å². The lowest BCUT2D eigenvalue weighted by atomic mass is 10.2. The molecule has 5 heteroatoms. The normalized spacial score (nSPS) is 10.1. The molecule has 0 unspecified atom stereocenters. The van der Waals surface area contributed by atoms with E-state index in [2.05, 4.69) is 12.6 Å². The Kier molecular flexibility index (Phi) is 3.43. The molecule has 0 aliphatic rings. The van der Waals surface area contributed by atoms with Gasteiger partial charge in [-0.2, -0.15) is 0 Å². The number of hydrogen-bond acceptors (Lipinski definition) is 4. The molecule has 0 saturated heterocycles. The van der Waals surface area contributed by atoms with Gasteiger partial charge in [0.15, 0.2) is 0 Å². The zero-order valence-corrected chi connectivity index (χ0v) is 10.4. The Morgan fingerprint density at radius 1 is 1.11 bits per heavy atom. The van der Waals surface area contributed by atoms with Crippen LogP contribution in [-0.4, -0.2) is 5.84 Å². The first-order valence-electron chi connectivity index (χ1n) is 5.27. The van der Waals surface area contributed by atoms with Gasteiger partial charge in [-0.25, -0.2) is 0 Å². The summed E-state index contributed by atoms with van der Waals surface area (Å²) in [5, 5.41) is 7.37. The largest absolute Gasteiger partial charge is 0.457 e. The van der Waals surface area contributed by atoms with Crippen LogP contribution in [0.1, 0.15) is 5.56 Å². The second kappa shape index (κ2) is 5.01. The molecule has 2 aromatic rings. The lowest BCUT2D eigenvalue weighted by Gasteiger charge is -2.09. The third kappa shape index (κ3) is 2.75. The minimum Gasteiger partial charge on any atom is -0.457 e. The van der Waals surface area contributed by atoms with E-state index in [1.54, 1.807) is 30.3 Å². The van der Waals surface area contributed by atoms with Crippen LogP contribution in [0.25, 0.3) is 0 Å². The number of nitrogens with one attached hydrogen (secondary N) is 1. The summed E-state index contributed by atoms with van der Waals surface area (Å²) >= 11 is 4.27. The topological polar surface area (TPSA) is 85.1 Å². The van der Waals surface area contributed by atoms with E-state index in [1.807, 2.05) is 12.1 Å². The van der Waals surface area contributed by atoms with Gasteiger partial charge in [-0.15, -0.1) is 12.6 Å². The highest BCUT2D eigenvalue weighted by atomic mass is 32.1. The number of ether oxygens (including phenoxy) is 1. The van der Waals surface area contributed by atoms with Crippen molar-refractivity contribution in [1.29, 1.82) is 5.41 Å². The van der Waals surface area contributed by atoms with Gasteiger partial charge < -0.3 is 16.2 Å². The molecule has 0 amide bonds. The molecule has 0 bridgehead atoms. The van der Waals surface area contributed by atoms with Crippen molar-refractivity contribution < 1.29 is 4.74 Å². The van der Waals surface area contributed by atoms with E-state index in [4.69, 9.17) is 21.6 Å². The fraction of sp³-hybridized carbons (Fsp3) is 0. The molecule has 0 saturated carbocycles. The monoisotopic (exact) mass is 259 g/mol. The van der Waals surface area contributed by atoms with Crippen LogP contribution >= 0.6 is 12.6 Å².